The van der Waals surface area contributed by atoms with E-state index in [1.165, 1.54) is 12.4 Å². The quantitative estimate of drug-likeness (QED) is 0.689. The number of benzene rings is 1. The lowest BCUT2D eigenvalue weighted by molar-refractivity contribution is -0.137. The van der Waals surface area contributed by atoms with Gasteiger partial charge < -0.3 is 0 Å². The molecule has 5 nitrogen and oxygen atoms in total. The molecule has 24 heavy (non-hydrogen) atoms. The van der Waals surface area contributed by atoms with Crippen LogP contribution in [0.1, 0.15) is 22.6 Å². The molecule has 0 fully saturated rings. The number of rotatable bonds is 1. The van der Waals surface area contributed by atoms with E-state index in [4.69, 9.17) is 0 Å². The van der Waals surface area contributed by atoms with Gasteiger partial charge in [-0.1, -0.05) is 6.07 Å². The number of fused-ring (bicyclic) bond motifs is 3. The van der Waals surface area contributed by atoms with Crippen LogP contribution in [0.4, 0.5) is 13.2 Å². The van der Waals surface area contributed by atoms with E-state index in [2.05, 4.69) is 20.2 Å². The minimum absolute atomic E-state index is 0.210. The van der Waals surface area contributed by atoms with Gasteiger partial charge in [-0.05, 0) is 30.3 Å². The number of hydrogen-bond acceptors (Lipinski definition) is 4. The lowest BCUT2D eigenvalue weighted by Crippen LogP contribution is -2.12. The van der Waals surface area contributed by atoms with E-state index in [-0.39, 0.29) is 6.54 Å². The van der Waals surface area contributed by atoms with E-state index >= 15 is 0 Å². The van der Waals surface area contributed by atoms with Gasteiger partial charge in [0.05, 0.1) is 22.7 Å². The first-order valence-electron chi connectivity index (χ1n) is 7.11. The summed E-state index contributed by atoms with van der Waals surface area (Å²) in [6.07, 6.45) is -1.39. The molecule has 0 saturated carbocycles. The molecular weight excluding hydrogens is 319 g/mol. The number of alkyl halides is 3. The fourth-order valence-electron chi connectivity index (χ4n) is 2.64. The Bertz CT molecular complexity index is 928. The Balaban J connectivity index is 1.98. The average molecular weight is 329 g/mol. The Kier molecular flexibility index (Phi) is 3.19. The van der Waals surface area contributed by atoms with Crippen molar-refractivity contribution in [3.05, 3.63) is 71.6 Å². The van der Waals surface area contributed by atoms with Crippen LogP contribution in [0.5, 0.6) is 0 Å². The van der Waals surface area contributed by atoms with Gasteiger partial charge in [0.15, 0.2) is 5.82 Å². The number of aliphatic imine (C=N–C) groups is 1. The van der Waals surface area contributed by atoms with Crippen molar-refractivity contribution in [2.24, 2.45) is 4.99 Å². The standard InChI is InChI=1S/C16H10F3N5/c17-16(18,19)10-4-5-13-11(7-10)15(12-3-1-2-6-20-12)21-8-14-23-22-9-24(13)14/h1-7,9H,8H2. The van der Waals surface area contributed by atoms with Crippen molar-refractivity contribution in [2.45, 2.75) is 12.7 Å². The molecule has 1 aromatic carbocycles. The molecule has 8 heteroatoms. The first kappa shape index (κ1) is 14.6. The smallest absolute Gasteiger partial charge is 0.283 e. The summed E-state index contributed by atoms with van der Waals surface area (Å²) in [6.45, 7) is 0.210. The summed E-state index contributed by atoms with van der Waals surface area (Å²) in [5, 5.41) is 7.80. The SMILES string of the molecule is FC(F)(F)c1ccc2c(c1)C(c1ccccn1)=NCc1nncn1-2. The molecule has 0 radical (unpaired) electrons. The van der Waals surface area contributed by atoms with Crippen LogP contribution in [0, 0.1) is 0 Å². The van der Waals surface area contributed by atoms with E-state index in [1.54, 1.807) is 29.0 Å². The number of halogens is 3. The number of pyridine rings is 1. The van der Waals surface area contributed by atoms with Crippen molar-refractivity contribution in [1.29, 1.82) is 0 Å². The molecule has 1 aliphatic rings. The van der Waals surface area contributed by atoms with Gasteiger partial charge in [0.25, 0.3) is 0 Å². The van der Waals surface area contributed by atoms with Crippen molar-refractivity contribution < 1.29 is 13.2 Å². The van der Waals surface area contributed by atoms with Crippen LogP contribution in [-0.2, 0) is 12.7 Å². The van der Waals surface area contributed by atoms with Gasteiger partial charge in [-0.25, -0.2) is 0 Å². The monoisotopic (exact) mass is 329 g/mol. The summed E-state index contributed by atoms with van der Waals surface area (Å²) in [7, 11) is 0. The summed E-state index contributed by atoms with van der Waals surface area (Å²) >= 11 is 0. The molecule has 1 aliphatic heterocycles. The topological polar surface area (TPSA) is 56.0 Å². The molecule has 0 unspecified atom stereocenters. The maximum atomic E-state index is 13.1. The molecule has 0 N–H and O–H groups in total. The van der Waals surface area contributed by atoms with E-state index in [0.29, 0.717) is 28.5 Å². The van der Waals surface area contributed by atoms with E-state index in [1.807, 2.05) is 0 Å². The van der Waals surface area contributed by atoms with Gasteiger partial charge in [0.2, 0.25) is 0 Å². The Morgan fingerprint density at radius 3 is 2.71 bits per heavy atom. The molecule has 0 spiro atoms. The predicted molar refractivity (Wildman–Crippen MR) is 79.9 cm³/mol. The van der Waals surface area contributed by atoms with Crippen molar-refractivity contribution in [3.63, 3.8) is 0 Å². The van der Waals surface area contributed by atoms with Crippen LogP contribution < -0.4 is 0 Å². The van der Waals surface area contributed by atoms with Crippen molar-refractivity contribution >= 4 is 5.71 Å². The minimum Gasteiger partial charge on any atom is -0.283 e. The zero-order valence-corrected chi connectivity index (χ0v) is 12.2. The minimum atomic E-state index is -4.44. The average Bonchev–Trinajstić information content (AvgIpc) is 2.98. The highest BCUT2D eigenvalue weighted by molar-refractivity contribution is 6.14. The van der Waals surface area contributed by atoms with E-state index in [0.717, 1.165) is 12.1 Å². The van der Waals surface area contributed by atoms with Gasteiger partial charge in [-0.3, -0.25) is 14.5 Å². The lowest BCUT2D eigenvalue weighted by Gasteiger charge is -2.14. The van der Waals surface area contributed by atoms with Crippen molar-refractivity contribution in [1.82, 2.24) is 19.7 Å². The van der Waals surface area contributed by atoms with Crippen LogP contribution in [0.2, 0.25) is 0 Å². The third-order valence-electron chi connectivity index (χ3n) is 3.74. The highest BCUT2D eigenvalue weighted by atomic mass is 19.4. The Morgan fingerprint density at radius 2 is 1.96 bits per heavy atom. The lowest BCUT2D eigenvalue weighted by atomic mass is 10.0. The second kappa shape index (κ2) is 5.26. The molecule has 120 valence electrons. The summed E-state index contributed by atoms with van der Waals surface area (Å²) in [4.78, 5) is 8.66. The van der Waals surface area contributed by atoms with E-state index < -0.39 is 11.7 Å². The van der Waals surface area contributed by atoms with E-state index in [9.17, 15) is 13.2 Å². The number of hydrogen-bond donors (Lipinski definition) is 0. The summed E-state index contributed by atoms with van der Waals surface area (Å²) in [5.74, 6) is 0.557. The maximum absolute atomic E-state index is 13.1. The Morgan fingerprint density at radius 1 is 1.08 bits per heavy atom. The predicted octanol–water partition coefficient (Wildman–Crippen LogP) is 3.03. The van der Waals surface area contributed by atoms with Crippen LogP contribution in [0.25, 0.3) is 5.69 Å². The normalized spacial score (nSPS) is 13.7. The second-order valence-electron chi connectivity index (χ2n) is 5.23. The molecule has 0 saturated heterocycles. The van der Waals surface area contributed by atoms with Gasteiger partial charge in [0.1, 0.15) is 12.9 Å². The van der Waals surface area contributed by atoms with Gasteiger partial charge in [0, 0.05) is 11.8 Å². The first-order chi connectivity index (χ1) is 11.5. The zero-order valence-electron chi connectivity index (χ0n) is 12.2. The van der Waals surface area contributed by atoms with Crippen LogP contribution in [0.15, 0.2) is 53.9 Å². The third-order valence-corrected chi connectivity index (χ3v) is 3.74. The van der Waals surface area contributed by atoms with Crippen molar-refractivity contribution in [2.75, 3.05) is 0 Å². The summed E-state index contributed by atoms with van der Waals surface area (Å²) in [5.41, 5.74) is 1.08. The highest BCUT2D eigenvalue weighted by Gasteiger charge is 2.32. The molecule has 2 aromatic heterocycles. The van der Waals surface area contributed by atoms with Gasteiger partial charge in [-0.15, -0.1) is 10.2 Å². The molecule has 3 aromatic rings. The number of nitrogens with zero attached hydrogens (tertiary/aromatic N) is 5. The zero-order chi connectivity index (χ0) is 16.7. The summed E-state index contributed by atoms with van der Waals surface area (Å²) < 4.78 is 41.1. The van der Waals surface area contributed by atoms with Gasteiger partial charge >= 0.3 is 6.18 Å². The molecule has 0 amide bonds. The Labute approximate surface area is 134 Å². The fourth-order valence-corrected chi connectivity index (χ4v) is 2.64. The first-order valence-corrected chi connectivity index (χ1v) is 7.11. The fraction of sp³-hybridized carbons (Fsp3) is 0.125. The third kappa shape index (κ3) is 2.36. The van der Waals surface area contributed by atoms with Crippen LogP contribution in [-0.4, -0.2) is 25.5 Å². The van der Waals surface area contributed by atoms with Crippen molar-refractivity contribution in [3.8, 4) is 5.69 Å². The van der Waals surface area contributed by atoms with Crippen LogP contribution >= 0.6 is 0 Å². The largest absolute Gasteiger partial charge is 0.416 e. The van der Waals surface area contributed by atoms with Gasteiger partial charge in [-0.2, -0.15) is 13.2 Å². The van der Waals surface area contributed by atoms with Crippen LogP contribution in [0.3, 0.4) is 0 Å². The molecule has 0 bridgehead atoms. The molecule has 0 aliphatic carbocycles. The second-order valence-corrected chi connectivity index (χ2v) is 5.23. The number of aromatic nitrogens is 4. The highest BCUT2D eigenvalue weighted by Crippen LogP contribution is 2.33. The molecule has 4 rings (SSSR count). The molecular formula is C16H10F3N5. The maximum Gasteiger partial charge on any atom is 0.416 e. The molecule has 0 atom stereocenters. The molecule has 3 heterocycles. The summed E-state index contributed by atoms with van der Waals surface area (Å²) in [6, 6.07) is 8.78. The Hall–Kier alpha value is -3.03.